The molecule has 104 valence electrons. The summed E-state index contributed by atoms with van der Waals surface area (Å²) in [6.45, 7) is 3.24. The van der Waals surface area contributed by atoms with Gasteiger partial charge < -0.3 is 14.5 Å². The van der Waals surface area contributed by atoms with Crippen LogP contribution in [0.1, 0.15) is 37.9 Å². The molecular weight excluding hydrogens is 250 g/mol. The highest BCUT2D eigenvalue weighted by atomic mass is 16.5. The molecular formula is C12H17N3O4. The summed E-state index contributed by atoms with van der Waals surface area (Å²) >= 11 is 0. The van der Waals surface area contributed by atoms with Crippen LogP contribution < -0.4 is 0 Å². The molecule has 7 heteroatoms. The number of carboxylic acid groups (broad SMARTS) is 1. The molecule has 1 saturated carbocycles. The number of hydrogen-bond donors (Lipinski definition) is 1. The van der Waals surface area contributed by atoms with Crippen LogP contribution in [0.4, 0.5) is 0 Å². The molecule has 0 saturated heterocycles. The van der Waals surface area contributed by atoms with Crippen molar-refractivity contribution in [1.82, 2.24) is 15.0 Å². The summed E-state index contributed by atoms with van der Waals surface area (Å²) in [7, 11) is 0. The smallest absolute Gasteiger partial charge is 0.326 e. The fourth-order valence-electron chi connectivity index (χ4n) is 1.99. The number of carbonyl (C=O) groups excluding carboxylic acids is 1. The SMILES string of the molecule is Cc1noc(CCC(=O)N(C2CC2)C(C)C(=O)O)n1. The van der Waals surface area contributed by atoms with Crippen LogP contribution in [-0.2, 0) is 16.0 Å². The van der Waals surface area contributed by atoms with Crippen LogP contribution >= 0.6 is 0 Å². The number of rotatable bonds is 6. The average Bonchev–Trinajstić information content (AvgIpc) is 3.09. The van der Waals surface area contributed by atoms with E-state index in [-0.39, 0.29) is 18.4 Å². The topological polar surface area (TPSA) is 96.5 Å². The zero-order valence-corrected chi connectivity index (χ0v) is 11.0. The monoisotopic (exact) mass is 267 g/mol. The second-order valence-electron chi connectivity index (χ2n) is 4.78. The predicted octanol–water partition coefficient (Wildman–Crippen LogP) is 0.775. The van der Waals surface area contributed by atoms with Crippen molar-refractivity contribution < 1.29 is 19.2 Å². The van der Waals surface area contributed by atoms with Crippen molar-refractivity contribution in [2.75, 3.05) is 0 Å². The first-order chi connectivity index (χ1) is 8.99. The molecule has 0 aliphatic heterocycles. The van der Waals surface area contributed by atoms with Crippen molar-refractivity contribution in [3.8, 4) is 0 Å². The maximum Gasteiger partial charge on any atom is 0.326 e. The lowest BCUT2D eigenvalue weighted by atomic mass is 10.2. The van der Waals surface area contributed by atoms with Gasteiger partial charge >= 0.3 is 5.97 Å². The standard InChI is InChI=1S/C12H17N3O4/c1-7(12(17)18)15(9-3-4-9)11(16)6-5-10-13-8(2)14-19-10/h7,9H,3-6H2,1-2H3,(H,17,18). The van der Waals surface area contributed by atoms with Crippen LogP contribution in [0.3, 0.4) is 0 Å². The van der Waals surface area contributed by atoms with Crippen LogP contribution in [0.2, 0.25) is 0 Å². The van der Waals surface area contributed by atoms with Gasteiger partial charge in [-0.25, -0.2) is 4.79 Å². The quantitative estimate of drug-likeness (QED) is 0.818. The fourth-order valence-corrected chi connectivity index (χ4v) is 1.99. The predicted molar refractivity (Wildman–Crippen MR) is 64.3 cm³/mol. The van der Waals surface area contributed by atoms with E-state index in [0.717, 1.165) is 12.8 Å². The third-order valence-electron chi connectivity index (χ3n) is 3.13. The van der Waals surface area contributed by atoms with Crippen molar-refractivity contribution in [3.63, 3.8) is 0 Å². The zero-order valence-electron chi connectivity index (χ0n) is 11.0. The molecule has 1 heterocycles. The van der Waals surface area contributed by atoms with E-state index in [2.05, 4.69) is 10.1 Å². The summed E-state index contributed by atoms with van der Waals surface area (Å²) in [5.74, 6) is -0.216. The van der Waals surface area contributed by atoms with Crippen LogP contribution in [0.5, 0.6) is 0 Å². The molecule has 0 aromatic carbocycles. The number of aryl methyl sites for hydroxylation is 2. The van der Waals surface area contributed by atoms with Gasteiger partial charge in [-0.1, -0.05) is 5.16 Å². The van der Waals surface area contributed by atoms with Crippen LogP contribution in [0.15, 0.2) is 4.52 Å². The molecule has 1 aliphatic rings. The lowest BCUT2D eigenvalue weighted by Gasteiger charge is -2.26. The lowest BCUT2D eigenvalue weighted by molar-refractivity contribution is -0.150. The van der Waals surface area contributed by atoms with Gasteiger partial charge in [0.05, 0.1) is 0 Å². The number of carbonyl (C=O) groups is 2. The third kappa shape index (κ3) is 3.30. The number of aliphatic carboxylic acids is 1. The van der Waals surface area contributed by atoms with E-state index in [1.807, 2.05) is 0 Å². The molecule has 1 aromatic rings. The first-order valence-electron chi connectivity index (χ1n) is 6.32. The number of nitrogens with zero attached hydrogens (tertiary/aromatic N) is 3. The van der Waals surface area contributed by atoms with Gasteiger partial charge in [0, 0.05) is 18.9 Å². The summed E-state index contributed by atoms with van der Waals surface area (Å²) in [6.07, 6.45) is 2.29. The third-order valence-corrected chi connectivity index (χ3v) is 3.13. The highest BCUT2D eigenvalue weighted by Crippen LogP contribution is 2.29. The maximum atomic E-state index is 12.1. The van der Waals surface area contributed by atoms with Crippen LogP contribution in [-0.4, -0.2) is 44.1 Å². The van der Waals surface area contributed by atoms with Gasteiger partial charge in [0.15, 0.2) is 5.82 Å². The van der Waals surface area contributed by atoms with Gasteiger partial charge in [-0.05, 0) is 26.7 Å². The summed E-state index contributed by atoms with van der Waals surface area (Å²) in [6, 6.07) is -0.715. The van der Waals surface area contributed by atoms with Gasteiger partial charge in [-0.3, -0.25) is 4.79 Å². The van der Waals surface area contributed by atoms with E-state index < -0.39 is 12.0 Å². The molecule has 0 bridgehead atoms. The fraction of sp³-hybridized carbons (Fsp3) is 0.667. The number of aromatic nitrogens is 2. The van der Waals surface area contributed by atoms with Gasteiger partial charge in [0.1, 0.15) is 6.04 Å². The number of amides is 1. The Morgan fingerprint density at radius 1 is 1.53 bits per heavy atom. The lowest BCUT2D eigenvalue weighted by Crippen LogP contribution is -2.44. The van der Waals surface area contributed by atoms with E-state index >= 15 is 0 Å². The van der Waals surface area contributed by atoms with E-state index in [1.54, 1.807) is 6.92 Å². The Morgan fingerprint density at radius 3 is 2.68 bits per heavy atom. The minimum absolute atomic E-state index is 0.0722. The summed E-state index contributed by atoms with van der Waals surface area (Å²) in [4.78, 5) is 28.6. The van der Waals surface area contributed by atoms with E-state index in [9.17, 15) is 9.59 Å². The van der Waals surface area contributed by atoms with E-state index in [0.29, 0.717) is 18.1 Å². The van der Waals surface area contributed by atoms with E-state index in [1.165, 1.54) is 11.8 Å². The summed E-state index contributed by atoms with van der Waals surface area (Å²) in [5, 5.41) is 12.7. The summed E-state index contributed by atoms with van der Waals surface area (Å²) in [5.41, 5.74) is 0. The molecule has 1 aliphatic carbocycles. The second-order valence-corrected chi connectivity index (χ2v) is 4.78. The van der Waals surface area contributed by atoms with Crippen molar-refractivity contribution >= 4 is 11.9 Å². The summed E-state index contributed by atoms with van der Waals surface area (Å²) < 4.78 is 4.93. The Hall–Kier alpha value is -1.92. The van der Waals surface area contributed by atoms with Crippen molar-refractivity contribution in [2.24, 2.45) is 0 Å². The van der Waals surface area contributed by atoms with Crippen LogP contribution in [0.25, 0.3) is 0 Å². The van der Waals surface area contributed by atoms with Gasteiger partial charge in [-0.15, -0.1) is 0 Å². The average molecular weight is 267 g/mol. The highest BCUT2D eigenvalue weighted by molar-refractivity contribution is 5.84. The molecule has 2 rings (SSSR count). The number of hydrogen-bond acceptors (Lipinski definition) is 5. The minimum Gasteiger partial charge on any atom is -0.480 e. The molecule has 1 aromatic heterocycles. The first kappa shape index (κ1) is 13.5. The molecule has 1 fully saturated rings. The van der Waals surface area contributed by atoms with Crippen molar-refractivity contribution in [2.45, 2.75) is 51.6 Å². The molecule has 0 spiro atoms. The Bertz CT molecular complexity index is 481. The maximum absolute atomic E-state index is 12.1. The number of carboxylic acids is 1. The van der Waals surface area contributed by atoms with Crippen molar-refractivity contribution in [1.29, 1.82) is 0 Å². The molecule has 1 amide bonds. The molecule has 19 heavy (non-hydrogen) atoms. The normalized spacial score (nSPS) is 16.1. The molecule has 1 N–H and O–H groups in total. The minimum atomic E-state index is -0.978. The van der Waals surface area contributed by atoms with E-state index in [4.69, 9.17) is 9.63 Å². The van der Waals surface area contributed by atoms with Gasteiger partial charge in [-0.2, -0.15) is 4.98 Å². The Kier molecular flexibility index (Phi) is 3.82. The van der Waals surface area contributed by atoms with Gasteiger partial charge in [0.25, 0.3) is 0 Å². The van der Waals surface area contributed by atoms with Crippen LogP contribution in [0, 0.1) is 6.92 Å². The molecule has 1 atom stereocenters. The van der Waals surface area contributed by atoms with Crippen molar-refractivity contribution in [3.05, 3.63) is 11.7 Å². The van der Waals surface area contributed by atoms with Gasteiger partial charge in [0.2, 0.25) is 11.8 Å². The first-order valence-corrected chi connectivity index (χ1v) is 6.32. The Balaban J connectivity index is 1.94. The Morgan fingerprint density at radius 2 is 2.21 bits per heavy atom. The Labute approximate surface area is 110 Å². The second kappa shape index (κ2) is 5.38. The highest BCUT2D eigenvalue weighted by Gasteiger charge is 2.38. The molecule has 0 radical (unpaired) electrons. The zero-order chi connectivity index (χ0) is 14.0. The largest absolute Gasteiger partial charge is 0.480 e. The molecule has 1 unspecified atom stereocenters. The molecule has 7 nitrogen and oxygen atoms in total.